The minimum absolute atomic E-state index is 0.0250. The van der Waals surface area contributed by atoms with Crippen LogP contribution in [0.2, 0.25) is 0 Å². The van der Waals surface area contributed by atoms with Crippen molar-refractivity contribution in [3.8, 4) is 0 Å². The van der Waals surface area contributed by atoms with Gasteiger partial charge in [-0.3, -0.25) is 14.2 Å². The SMILES string of the molecule is CC/C=C\C/C=C\C/C=C\C/C=C\C/C=C\C/C=C\CCCCCCCCCCC(=O)OC(/C=C/CCCCCCCCCCC)C(COP(=O)([O-])OCC[N+](C)(C)C)NC(=O)CCCCCCCCCCCCCCCCCCCCC. The van der Waals surface area contributed by atoms with E-state index < -0.39 is 26.6 Å². The molecule has 9 nitrogen and oxygen atoms in total. The minimum atomic E-state index is -4.71. The van der Waals surface area contributed by atoms with Gasteiger partial charge in [0.05, 0.1) is 33.8 Å². The first kappa shape index (κ1) is 80.2. The van der Waals surface area contributed by atoms with E-state index in [-0.39, 0.29) is 24.9 Å². The van der Waals surface area contributed by atoms with Crippen molar-refractivity contribution in [1.82, 2.24) is 5.32 Å². The van der Waals surface area contributed by atoms with Crippen LogP contribution in [0.1, 0.15) is 316 Å². The lowest BCUT2D eigenvalue weighted by Crippen LogP contribution is -2.47. The highest BCUT2D eigenvalue weighted by molar-refractivity contribution is 7.45. The second-order valence-electron chi connectivity index (χ2n) is 24.7. The number of carbonyl (C=O) groups is 2. The molecule has 0 aromatic rings. The van der Waals surface area contributed by atoms with Crippen LogP contribution in [0.3, 0.4) is 0 Å². The van der Waals surface area contributed by atoms with Gasteiger partial charge in [0.25, 0.3) is 7.82 Å². The number of rotatable bonds is 63. The average molecular weight is 1180 g/mol. The smallest absolute Gasteiger partial charge is 0.306 e. The highest BCUT2D eigenvalue weighted by Gasteiger charge is 2.27. The van der Waals surface area contributed by atoms with Crippen LogP contribution in [0.5, 0.6) is 0 Å². The monoisotopic (exact) mass is 1180 g/mol. The number of phosphoric acid groups is 1. The molecule has 10 heteroatoms. The van der Waals surface area contributed by atoms with Crippen LogP contribution >= 0.6 is 7.82 Å². The fraction of sp³-hybridized carbons (Fsp3) is 0.781. The zero-order chi connectivity index (χ0) is 60.7. The highest BCUT2D eigenvalue weighted by Crippen LogP contribution is 2.38. The van der Waals surface area contributed by atoms with Gasteiger partial charge in [-0.1, -0.05) is 305 Å². The lowest BCUT2D eigenvalue weighted by Gasteiger charge is -2.30. The van der Waals surface area contributed by atoms with Crippen molar-refractivity contribution in [1.29, 1.82) is 0 Å². The zero-order valence-corrected chi connectivity index (χ0v) is 56.0. The number of amides is 1. The summed E-state index contributed by atoms with van der Waals surface area (Å²) in [7, 11) is 1.18. The van der Waals surface area contributed by atoms with Gasteiger partial charge >= 0.3 is 5.97 Å². The topological polar surface area (TPSA) is 114 Å². The number of allylic oxidation sites excluding steroid dienone is 13. The zero-order valence-electron chi connectivity index (χ0n) is 55.1. The number of carbonyl (C=O) groups excluding carboxylic acids is 2. The molecule has 0 saturated heterocycles. The number of phosphoric ester groups is 1. The Hall–Kier alpha value is -2.81. The minimum Gasteiger partial charge on any atom is -0.756 e. The first-order valence-corrected chi connectivity index (χ1v) is 36.4. The maximum atomic E-state index is 13.6. The van der Waals surface area contributed by atoms with Crippen LogP contribution in [-0.4, -0.2) is 69.4 Å². The molecule has 0 spiro atoms. The summed E-state index contributed by atoms with van der Waals surface area (Å²) in [4.78, 5) is 40.1. The molecule has 482 valence electrons. The largest absolute Gasteiger partial charge is 0.756 e. The van der Waals surface area contributed by atoms with E-state index in [2.05, 4.69) is 99.0 Å². The first-order valence-electron chi connectivity index (χ1n) is 34.9. The van der Waals surface area contributed by atoms with Gasteiger partial charge < -0.3 is 28.5 Å². The van der Waals surface area contributed by atoms with Crippen molar-refractivity contribution < 1.29 is 37.3 Å². The molecule has 0 aliphatic heterocycles. The number of esters is 1. The van der Waals surface area contributed by atoms with Crippen LogP contribution in [0.15, 0.2) is 85.1 Å². The van der Waals surface area contributed by atoms with Crippen molar-refractivity contribution >= 4 is 19.7 Å². The lowest BCUT2D eigenvalue weighted by molar-refractivity contribution is -0.870. The summed E-state index contributed by atoms with van der Waals surface area (Å²) in [6.07, 6.45) is 82.7. The molecule has 0 aromatic heterocycles. The second-order valence-corrected chi connectivity index (χ2v) is 26.1. The summed E-state index contributed by atoms with van der Waals surface area (Å²) in [6.45, 7) is 6.75. The molecule has 0 radical (unpaired) electrons. The fourth-order valence-corrected chi connectivity index (χ4v) is 10.7. The van der Waals surface area contributed by atoms with Gasteiger partial charge in [0.1, 0.15) is 19.3 Å². The van der Waals surface area contributed by atoms with E-state index in [9.17, 15) is 19.0 Å². The van der Waals surface area contributed by atoms with Gasteiger partial charge in [0, 0.05) is 12.8 Å². The number of quaternary nitrogens is 1. The van der Waals surface area contributed by atoms with Crippen molar-refractivity contribution in [2.24, 2.45) is 0 Å². The van der Waals surface area contributed by atoms with E-state index in [1.54, 1.807) is 0 Å². The number of nitrogens with one attached hydrogen (secondary N) is 1. The van der Waals surface area contributed by atoms with Gasteiger partial charge in [-0.05, 0) is 83.1 Å². The number of unbranched alkanes of at least 4 members (excludes halogenated alkanes) is 35. The molecule has 0 aliphatic carbocycles. The molecule has 3 unspecified atom stereocenters. The standard InChI is InChI=1S/C73H133N2O7P/c1-7-10-13-16-19-22-25-27-29-31-33-34-35-36-37-38-39-40-42-44-46-48-51-54-57-60-63-66-73(77)82-71(64-61-58-55-52-49-24-21-18-15-12-9-3)70(69-81-83(78,79)80-68-67-75(4,5)6)74-72(76)65-62-59-56-53-50-47-45-43-41-32-30-28-26-23-20-17-14-11-8-2/h10,13,19,22,27,29,33-34,36-37,39-40,61,64,70-71H,7-9,11-12,14-18,20-21,23-26,28,30-32,35,38,41-60,62-63,65-69H2,1-6H3,(H-,74,76,78,79)/b13-10-,22-19-,29-27-,34-33-,37-36-,40-39-,64-61+. The Morgan fingerprint density at radius 2 is 0.771 bits per heavy atom. The molecule has 3 atom stereocenters. The molecule has 0 heterocycles. The second kappa shape index (κ2) is 62.2. The average Bonchev–Trinajstić information content (AvgIpc) is 3.51. The van der Waals surface area contributed by atoms with Gasteiger partial charge in [-0.2, -0.15) is 0 Å². The van der Waals surface area contributed by atoms with E-state index in [1.807, 2.05) is 33.3 Å². The summed E-state index contributed by atoms with van der Waals surface area (Å²) in [5, 5.41) is 3.04. The van der Waals surface area contributed by atoms with E-state index in [4.69, 9.17) is 13.8 Å². The Kier molecular flexibility index (Phi) is 60.1. The number of hydrogen-bond donors (Lipinski definition) is 1. The van der Waals surface area contributed by atoms with E-state index >= 15 is 0 Å². The Morgan fingerprint density at radius 3 is 1.16 bits per heavy atom. The quantitative estimate of drug-likeness (QED) is 0.0212. The molecular weight excluding hydrogens is 1050 g/mol. The van der Waals surface area contributed by atoms with Crippen LogP contribution in [0.4, 0.5) is 0 Å². The molecule has 0 aromatic carbocycles. The van der Waals surface area contributed by atoms with E-state index in [1.165, 1.54) is 173 Å². The molecule has 0 aliphatic rings. The van der Waals surface area contributed by atoms with Crippen LogP contribution in [0.25, 0.3) is 0 Å². The third kappa shape index (κ3) is 63.5. The highest BCUT2D eigenvalue weighted by atomic mass is 31.2. The molecule has 1 N–H and O–H groups in total. The molecule has 0 bridgehead atoms. The molecule has 1 amide bonds. The van der Waals surface area contributed by atoms with Crippen molar-refractivity contribution in [3.05, 3.63) is 85.1 Å². The van der Waals surface area contributed by atoms with Gasteiger partial charge in [0.2, 0.25) is 5.91 Å². The van der Waals surface area contributed by atoms with Gasteiger partial charge in [-0.15, -0.1) is 0 Å². The maximum Gasteiger partial charge on any atom is 0.306 e. The summed E-state index contributed by atoms with van der Waals surface area (Å²) >= 11 is 0. The van der Waals surface area contributed by atoms with Crippen LogP contribution in [0, 0.1) is 0 Å². The van der Waals surface area contributed by atoms with Crippen LogP contribution < -0.4 is 10.2 Å². The Balaban J connectivity index is 5.05. The van der Waals surface area contributed by atoms with Crippen molar-refractivity contribution in [2.75, 3.05) is 40.9 Å². The summed E-state index contributed by atoms with van der Waals surface area (Å²) in [5.74, 6) is -0.543. The third-order valence-corrected chi connectivity index (χ3v) is 16.3. The summed E-state index contributed by atoms with van der Waals surface area (Å²) < 4.78 is 30.4. The number of nitrogens with zero attached hydrogens (tertiary/aromatic N) is 1. The lowest BCUT2D eigenvalue weighted by atomic mass is 10.0. The normalized spacial score (nSPS) is 14.1. The Labute approximate surface area is 514 Å². The molecule has 0 saturated carbocycles. The Morgan fingerprint density at radius 1 is 0.434 bits per heavy atom. The Bertz CT molecular complexity index is 1700. The maximum absolute atomic E-state index is 13.6. The predicted molar refractivity (Wildman–Crippen MR) is 358 cm³/mol. The van der Waals surface area contributed by atoms with Crippen molar-refractivity contribution in [2.45, 2.75) is 328 Å². The fourth-order valence-electron chi connectivity index (χ4n) is 10.00. The van der Waals surface area contributed by atoms with Gasteiger partial charge in [0.15, 0.2) is 0 Å². The number of likely N-dealkylation sites (N-methyl/N-ethyl adjacent to an activating group) is 1. The summed E-state index contributed by atoms with van der Waals surface area (Å²) in [6, 6.07) is -0.894. The van der Waals surface area contributed by atoms with Crippen molar-refractivity contribution in [3.63, 3.8) is 0 Å². The number of ether oxygens (including phenoxy) is 1. The van der Waals surface area contributed by atoms with Gasteiger partial charge in [-0.25, -0.2) is 0 Å². The molecule has 0 fully saturated rings. The first-order chi connectivity index (χ1) is 40.4. The summed E-state index contributed by atoms with van der Waals surface area (Å²) in [5.41, 5.74) is 0. The van der Waals surface area contributed by atoms with E-state index in [0.717, 1.165) is 109 Å². The van der Waals surface area contributed by atoms with E-state index in [0.29, 0.717) is 17.4 Å². The predicted octanol–water partition coefficient (Wildman–Crippen LogP) is 21.5. The van der Waals surface area contributed by atoms with Crippen LogP contribution in [-0.2, 0) is 27.9 Å². The molecule has 83 heavy (non-hydrogen) atoms. The molecular formula is C73H133N2O7P. The number of hydrogen-bond acceptors (Lipinski definition) is 7. The molecule has 0 rings (SSSR count). The third-order valence-electron chi connectivity index (χ3n) is 15.3.